The molecule has 2 aromatic heterocycles. The van der Waals surface area contributed by atoms with E-state index < -0.39 is 0 Å². The summed E-state index contributed by atoms with van der Waals surface area (Å²) in [5.41, 5.74) is 4.87. The largest absolute Gasteiger partial charge is 0.351 e. The lowest BCUT2D eigenvalue weighted by molar-refractivity contribution is 0.0953. The number of aromatic nitrogens is 3. The first-order chi connectivity index (χ1) is 12.6. The van der Waals surface area contributed by atoms with E-state index in [9.17, 15) is 4.79 Å². The number of carbonyl (C=O) groups excluding carboxylic acids is 1. The summed E-state index contributed by atoms with van der Waals surface area (Å²) in [5.74, 6) is 0.822. The minimum atomic E-state index is -0.112. The van der Waals surface area contributed by atoms with E-state index in [2.05, 4.69) is 41.4 Å². The number of hydrogen-bond donors (Lipinski definition) is 1. The van der Waals surface area contributed by atoms with E-state index in [1.54, 1.807) is 6.20 Å². The van der Waals surface area contributed by atoms with Crippen molar-refractivity contribution >= 4 is 11.6 Å². The molecule has 0 spiro atoms. The molecule has 4 rings (SSSR count). The highest BCUT2D eigenvalue weighted by molar-refractivity contribution is 5.99. The molecule has 5 nitrogen and oxygen atoms in total. The maximum absolute atomic E-state index is 12.7. The van der Waals surface area contributed by atoms with Gasteiger partial charge in [0, 0.05) is 18.4 Å². The third-order valence-corrected chi connectivity index (χ3v) is 5.34. The second-order valence-corrected chi connectivity index (χ2v) is 7.39. The molecule has 1 N–H and O–H groups in total. The molecule has 3 aromatic rings. The SMILES string of the molecule is CC1CCc2c(cnc3c(C(=O)NCC(C)c4ccccc4)cnn23)C1. The van der Waals surface area contributed by atoms with E-state index in [0.717, 1.165) is 19.3 Å². The van der Waals surface area contributed by atoms with E-state index in [1.807, 2.05) is 28.9 Å². The van der Waals surface area contributed by atoms with Crippen LogP contribution >= 0.6 is 0 Å². The van der Waals surface area contributed by atoms with E-state index in [-0.39, 0.29) is 11.8 Å². The van der Waals surface area contributed by atoms with E-state index in [4.69, 9.17) is 0 Å². The average molecular weight is 348 g/mol. The summed E-state index contributed by atoms with van der Waals surface area (Å²) in [4.78, 5) is 17.2. The molecule has 26 heavy (non-hydrogen) atoms. The summed E-state index contributed by atoms with van der Waals surface area (Å²) in [6.07, 6.45) is 6.74. The average Bonchev–Trinajstić information content (AvgIpc) is 3.10. The van der Waals surface area contributed by atoms with Gasteiger partial charge in [0.15, 0.2) is 5.65 Å². The second-order valence-electron chi connectivity index (χ2n) is 7.39. The van der Waals surface area contributed by atoms with Crippen molar-refractivity contribution in [3.05, 3.63) is 65.1 Å². The van der Waals surface area contributed by atoms with Gasteiger partial charge in [0.05, 0.1) is 6.20 Å². The molecule has 0 saturated carbocycles. The summed E-state index contributed by atoms with van der Waals surface area (Å²) in [5, 5.41) is 7.49. The highest BCUT2D eigenvalue weighted by Crippen LogP contribution is 2.25. The number of aryl methyl sites for hydroxylation is 1. The third-order valence-electron chi connectivity index (χ3n) is 5.34. The van der Waals surface area contributed by atoms with Crippen LogP contribution in [0.3, 0.4) is 0 Å². The molecule has 134 valence electrons. The van der Waals surface area contributed by atoms with Crippen LogP contribution in [0.5, 0.6) is 0 Å². The van der Waals surface area contributed by atoms with Crippen molar-refractivity contribution < 1.29 is 4.79 Å². The van der Waals surface area contributed by atoms with Crippen molar-refractivity contribution in [2.24, 2.45) is 5.92 Å². The predicted molar refractivity (Wildman–Crippen MR) is 101 cm³/mol. The summed E-state index contributed by atoms with van der Waals surface area (Å²) in [6.45, 7) is 4.97. The lowest BCUT2D eigenvalue weighted by atomic mass is 9.89. The standard InChI is InChI=1S/C21H24N4O/c1-14-8-9-19-17(10-14)12-22-20-18(13-24-25(19)20)21(26)23-11-15(2)16-6-4-3-5-7-16/h3-7,12-15H,8-11H2,1-2H3,(H,23,26). The summed E-state index contributed by atoms with van der Waals surface area (Å²) in [7, 11) is 0. The Morgan fingerprint density at radius 2 is 2.12 bits per heavy atom. The van der Waals surface area contributed by atoms with Gasteiger partial charge in [-0.3, -0.25) is 4.79 Å². The Hall–Kier alpha value is -2.69. The van der Waals surface area contributed by atoms with Crippen LogP contribution in [0.25, 0.3) is 5.65 Å². The summed E-state index contributed by atoms with van der Waals surface area (Å²) < 4.78 is 1.86. The van der Waals surface area contributed by atoms with E-state index in [0.29, 0.717) is 23.7 Å². The smallest absolute Gasteiger partial charge is 0.256 e. The molecule has 1 amide bonds. The molecule has 2 heterocycles. The van der Waals surface area contributed by atoms with Crippen molar-refractivity contribution in [2.75, 3.05) is 6.54 Å². The molecule has 0 aliphatic heterocycles. The van der Waals surface area contributed by atoms with Gasteiger partial charge in [-0.1, -0.05) is 44.2 Å². The Morgan fingerprint density at radius 3 is 2.92 bits per heavy atom. The van der Waals surface area contributed by atoms with Crippen molar-refractivity contribution in [1.29, 1.82) is 0 Å². The topological polar surface area (TPSA) is 59.3 Å². The fourth-order valence-corrected chi connectivity index (χ4v) is 3.71. The van der Waals surface area contributed by atoms with Crippen molar-refractivity contribution in [1.82, 2.24) is 19.9 Å². The van der Waals surface area contributed by atoms with E-state index >= 15 is 0 Å². The minimum absolute atomic E-state index is 0.112. The fourth-order valence-electron chi connectivity index (χ4n) is 3.71. The molecule has 5 heteroatoms. The molecule has 2 atom stereocenters. The van der Waals surface area contributed by atoms with Gasteiger partial charge in [-0.2, -0.15) is 5.10 Å². The number of amides is 1. The summed E-state index contributed by atoms with van der Waals surface area (Å²) in [6, 6.07) is 10.2. The van der Waals surface area contributed by atoms with Crippen LogP contribution in [0.15, 0.2) is 42.7 Å². The van der Waals surface area contributed by atoms with Gasteiger partial charge in [0.2, 0.25) is 0 Å². The normalized spacial score (nSPS) is 17.7. The molecule has 1 aliphatic carbocycles. The van der Waals surface area contributed by atoms with Gasteiger partial charge < -0.3 is 5.32 Å². The highest BCUT2D eigenvalue weighted by atomic mass is 16.1. The number of carbonyl (C=O) groups is 1. The van der Waals surface area contributed by atoms with Crippen molar-refractivity contribution in [3.8, 4) is 0 Å². The first kappa shape index (κ1) is 16.8. The lowest BCUT2D eigenvalue weighted by Gasteiger charge is -2.21. The number of nitrogens with one attached hydrogen (secondary N) is 1. The van der Waals surface area contributed by atoms with Gasteiger partial charge in [0.25, 0.3) is 5.91 Å². The molecule has 0 bridgehead atoms. The zero-order valence-electron chi connectivity index (χ0n) is 15.3. The Kier molecular flexibility index (Phi) is 4.45. The molecular weight excluding hydrogens is 324 g/mol. The minimum Gasteiger partial charge on any atom is -0.351 e. The van der Waals surface area contributed by atoms with E-state index in [1.165, 1.54) is 16.8 Å². The van der Waals surface area contributed by atoms with Crippen LogP contribution in [0.1, 0.15) is 53.4 Å². The molecule has 1 aromatic carbocycles. The van der Waals surface area contributed by atoms with Gasteiger partial charge >= 0.3 is 0 Å². The Labute approximate surface area is 153 Å². The van der Waals surface area contributed by atoms with Crippen LogP contribution < -0.4 is 5.32 Å². The molecule has 0 radical (unpaired) electrons. The zero-order chi connectivity index (χ0) is 18.1. The quantitative estimate of drug-likeness (QED) is 0.786. The first-order valence-corrected chi connectivity index (χ1v) is 9.31. The summed E-state index contributed by atoms with van der Waals surface area (Å²) >= 11 is 0. The highest BCUT2D eigenvalue weighted by Gasteiger charge is 2.22. The number of hydrogen-bond acceptors (Lipinski definition) is 3. The van der Waals surface area contributed by atoms with Crippen molar-refractivity contribution in [3.63, 3.8) is 0 Å². The van der Waals surface area contributed by atoms with Crippen LogP contribution in [-0.2, 0) is 12.8 Å². The third kappa shape index (κ3) is 3.09. The molecule has 0 saturated heterocycles. The molecule has 1 aliphatic rings. The number of benzene rings is 1. The Balaban J connectivity index is 1.52. The first-order valence-electron chi connectivity index (χ1n) is 9.31. The second kappa shape index (κ2) is 6.90. The Bertz CT molecular complexity index is 932. The zero-order valence-corrected chi connectivity index (χ0v) is 15.3. The van der Waals surface area contributed by atoms with Crippen LogP contribution in [0.2, 0.25) is 0 Å². The van der Waals surface area contributed by atoms with Crippen LogP contribution in [-0.4, -0.2) is 27.0 Å². The number of fused-ring (bicyclic) bond motifs is 3. The van der Waals surface area contributed by atoms with Gasteiger partial charge in [-0.15, -0.1) is 0 Å². The van der Waals surface area contributed by atoms with Crippen molar-refractivity contribution in [2.45, 2.75) is 39.0 Å². The predicted octanol–water partition coefficient (Wildman–Crippen LogP) is 3.39. The van der Waals surface area contributed by atoms with Gasteiger partial charge in [0.1, 0.15) is 5.56 Å². The monoisotopic (exact) mass is 348 g/mol. The molecule has 0 fully saturated rings. The van der Waals surface area contributed by atoms with Crippen LogP contribution in [0.4, 0.5) is 0 Å². The number of nitrogens with zero attached hydrogens (tertiary/aromatic N) is 3. The maximum atomic E-state index is 12.7. The van der Waals surface area contributed by atoms with Crippen LogP contribution in [0, 0.1) is 5.92 Å². The van der Waals surface area contributed by atoms with Gasteiger partial charge in [-0.25, -0.2) is 9.50 Å². The Morgan fingerprint density at radius 1 is 1.31 bits per heavy atom. The maximum Gasteiger partial charge on any atom is 0.256 e. The number of rotatable bonds is 4. The van der Waals surface area contributed by atoms with Gasteiger partial charge in [-0.05, 0) is 42.2 Å². The lowest BCUT2D eigenvalue weighted by Crippen LogP contribution is -2.27. The molecule has 2 unspecified atom stereocenters. The fraction of sp³-hybridized carbons (Fsp3) is 0.381. The molecular formula is C21H24N4O.